The maximum atomic E-state index is 13.8. The monoisotopic (exact) mass is 617 g/mol. The van der Waals surface area contributed by atoms with Crippen molar-refractivity contribution in [3.63, 3.8) is 0 Å². The Kier molecular flexibility index (Phi) is 11.3. The number of carboxylic acid groups (broad SMARTS) is 1. The number of aliphatic carboxylic acids is 1. The molecular weight excluding hydrogens is 574 g/mol. The number of unbranched alkanes of at least 4 members (excludes halogenated alkanes) is 1. The van der Waals surface area contributed by atoms with Gasteiger partial charge in [-0.3, -0.25) is 14.4 Å². The van der Waals surface area contributed by atoms with Crippen molar-refractivity contribution in [1.29, 1.82) is 0 Å². The van der Waals surface area contributed by atoms with Crippen LogP contribution in [0.3, 0.4) is 0 Å². The standard InChI is InChI=1S/C33H43N7O5/c1-19(2)29(32(43)39-28(33(44)45)16-21-18-37-26-13-6-4-10-23(21)26)40-31(42)27(38-30(41)24(35)11-7-8-14-34)15-20-17-36-25-12-5-3-9-22(20)25/h3-6,9-10,12-13,17-19,24,27-29,36-37H,7-8,11,14-16,34-35H2,1-2H3,(H,38,41)(H,39,43)(H,40,42)(H,44,45). The fourth-order valence-corrected chi connectivity index (χ4v) is 5.42. The van der Waals surface area contributed by atoms with Gasteiger partial charge in [0.05, 0.1) is 6.04 Å². The van der Waals surface area contributed by atoms with Crippen LogP contribution in [0, 0.1) is 5.92 Å². The third kappa shape index (κ3) is 8.49. The summed E-state index contributed by atoms with van der Waals surface area (Å²) in [5, 5.41) is 19.9. The smallest absolute Gasteiger partial charge is 0.326 e. The fourth-order valence-electron chi connectivity index (χ4n) is 5.42. The summed E-state index contributed by atoms with van der Waals surface area (Å²) in [5.41, 5.74) is 15.0. The van der Waals surface area contributed by atoms with Crippen LogP contribution in [0.1, 0.15) is 44.2 Å². The number of amides is 3. The molecule has 2 aromatic carbocycles. The summed E-state index contributed by atoms with van der Waals surface area (Å²) in [4.78, 5) is 58.8. The Hall–Kier alpha value is -4.68. The van der Waals surface area contributed by atoms with Crippen LogP contribution in [0.2, 0.25) is 0 Å². The number of rotatable bonds is 16. The number of carbonyl (C=O) groups excluding carboxylic acids is 3. The maximum Gasteiger partial charge on any atom is 0.326 e. The van der Waals surface area contributed by atoms with E-state index in [-0.39, 0.29) is 18.8 Å². The first kappa shape index (κ1) is 33.2. The number of H-pyrrole nitrogens is 2. The third-order valence-corrected chi connectivity index (χ3v) is 8.00. The van der Waals surface area contributed by atoms with E-state index < -0.39 is 47.9 Å². The minimum absolute atomic E-state index is 0.0468. The van der Waals surface area contributed by atoms with Crippen molar-refractivity contribution in [2.75, 3.05) is 6.54 Å². The number of carboxylic acids is 1. The second kappa shape index (κ2) is 15.4. The van der Waals surface area contributed by atoms with E-state index in [1.165, 1.54) is 0 Å². The van der Waals surface area contributed by atoms with Gasteiger partial charge in [0, 0.05) is 47.0 Å². The fraction of sp³-hybridized carbons (Fsp3) is 0.394. The van der Waals surface area contributed by atoms with Crippen molar-refractivity contribution in [2.24, 2.45) is 17.4 Å². The zero-order chi connectivity index (χ0) is 32.5. The van der Waals surface area contributed by atoms with Gasteiger partial charge in [-0.25, -0.2) is 4.79 Å². The molecule has 4 atom stereocenters. The van der Waals surface area contributed by atoms with E-state index in [0.29, 0.717) is 19.4 Å². The van der Waals surface area contributed by atoms with Gasteiger partial charge < -0.3 is 42.5 Å². The number of hydrogen-bond donors (Lipinski definition) is 8. The summed E-state index contributed by atoms with van der Waals surface area (Å²) in [6, 6.07) is 10.9. The maximum absolute atomic E-state index is 13.8. The van der Waals surface area contributed by atoms with Crippen molar-refractivity contribution in [1.82, 2.24) is 25.9 Å². The Morgan fingerprint density at radius 3 is 1.82 bits per heavy atom. The molecule has 0 saturated carbocycles. The van der Waals surface area contributed by atoms with E-state index in [1.807, 2.05) is 48.5 Å². The highest BCUT2D eigenvalue weighted by atomic mass is 16.4. The molecule has 0 bridgehead atoms. The summed E-state index contributed by atoms with van der Waals surface area (Å²) in [7, 11) is 0. The van der Waals surface area contributed by atoms with Gasteiger partial charge >= 0.3 is 5.97 Å². The second-order valence-electron chi connectivity index (χ2n) is 11.7. The molecule has 0 aliphatic rings. The number of carbonyl (C=O) groups is 4. The van der Waals surface area contributed by atoms with Crippen LogP contribution in [0.4, 0.5) is 0 Å². The largest absolute Gasteiger partial charge is 0.480 e. The first-order chi connectivity index (χ1) is 21.6. The number of hydrogen-bond acceptors (Lipinski definition) is 6. The average Bonchev–Trinajstić information content (AvgIpc) is 3.62. The first-order valence-corrected chi connectivity index (χ1v) is 15.3. The Bertz CT molecular complexity index is 1630. The molecule has 240 valence electrons. The number of aromatic amines is 2. The lowest BCUT2D eigenvalue weighted by Crippen LogP contribution is -2.59. The topological polar surface area (TPSA) is 208 Å². The normalized spacial score (nSPS) is 14.2. The summed E-state index contributed by atoms with van der Waals surface area (Å²) in [6.07, 6.45) is 5.51. The SMILES string of the molecule is CC(C)C(NC(=O)C(Cc1c[nH]c2ccccc12)NC(=O)C(N)CCCCN)C(=O)NC(Cc1c[nH]c2ccccc12)C(=O)O. The van der Waals surface area contributed by atoms with Crippen LogP contribution >= 0.6 is 0 Å². The number of aromatic nitrogens is 2. The molecule has 0 spiro atoms. The van der Waals surface area contributed by atoms with E-state index in [2.05, 4.69) is 25.9 Å². The van der Waals surface area contributed by atoms with Gasteiger partial charge in [0.2, 0.25) is 17.7 Å². The zero-order valence-corrected chi connectivity index (χ0v) is 25.6. The highest BCUT2D eigenvalue weighted by Gasteiger charge is 2.32. The molecule has 4 aromatic rings. The van der Waals surface area contributed by atoms with Crippen molar-refractivity contribution >= 4 is 45.5 Å². The van der Waals surface area contributed by atoms with Crippen molar-refractivity contribution in [2.45, 2.75) is 70.1 Å². The summed E-state index contributed by atoms with van der Waals surface area (Å²) in [5.74, 6) is -3.29. The summed E-state index contributed by atoms with van der Waals surface area (Å²) < 4.78 is 0. The van der Waals surface area contributed by atoms with Crippen LogP contribution in [0.25, 0.3) is 21.8 Å². The van der Waals surface area contributed by atoms with Gasteiger partial charge in [0.1, 0.15) is 18.1 Å². The van der Waals surface area contributed by atoms with Gasteiger partial charge in [0.15, 0.2) is 0 Å². The van der Waals surface area contributed by atoms with E-state index in [1.54, 1.807) is 26.2 Å². The molecule has 0 aliphatic heterocycles. The molecule has 3 amide bonds. The molecule has 2 aromatic heterocycles. The number of para-hydroxylation sites is 2. The lowest BCUT2D eigenvalue weighted by Gasteiger charge is -2.27. The predicted octanol–water partition coefficient (Wildman–Crippen LogP) is 2.09. The van der Waals surface area contributed by atoms with Gasteiger partial charge in [0.25, 0.3) is 0 Å². The predicted molar refractivity (Wildman–Crippen MR) is 173 cm³/mol. The number of nitrogens with one attached hydrogen (secondary N) is 5. The molecular formula is C33H43N7O5. The lowest BCUT2D eigenvalue weighted by atomic mass is 9.99. The van der Waals surface area contributed by atoms with E-state index in [0.717, 1.165) is 39.4 Å². The quantitative estimate of drug-likeness (QED) is 0.0877. The van der Waals surface area contributed by atoms with Gasteiger partial charge in [-0.2, -0.15) is 0 Å². The Balaban J connectivity index is 1.51. The molecule has 4 rings (SSSR count). The Labute approximate surface area is 261 Å². The molecule has 10 N–H and O–H groups in total. The van der Waals surface area contributed by atoms with Crippen LogP contribution in [0.5, 0.6) is 0 Å². The Morgan fingerprint density at radius 1 is 0.756 bits per heavy atom. The van der Waals surface area contributed by atoms with Crippen LogP contribution < -0.4 is 27.4 Å². The van der Waals surface area contributed by atoms with Gasteiger partial charge in [-0.1, -0.05) is 56.7 Å². The van der Waals surface area contributed by atoms with Crippen LogP contribution in [-0.2, 0) is 32.0 Å². The average molecular weight is 618 g/mol. The van der Waals surface area contributed by atoms with Crippen LogP contribution in [-0.4, -0.2) is 69.5 Å². The first-order valence-electron chi connectivity index (χ1n) is 15.3. The number of nitrogens with two attached hydrogens (primary N) is 2. The zero-order valence-electron chi connectivity index (χ0n) is 25.6. The van der Waals surface area contributed by atoms with E-state index in [9.17, 15) is 24.3 Å². The Morgan fingerprint density at radius 2 is 1.29 bits per heavy atom. The summed E-state index contributed by atoms with van der Waals surface area (Å²) in [6.45, 7) is 3.99. The minimum atomic E-state index is -1.23. The van der Waals surface area contributed by atoms with Gasteiger partial charge in [-0.05, 0) is 48.6 Å². The van der Waals surface area contributed by atoms with Crippen molar-refractivity contribution < 1.29 is 24.3 Å². The molecule has 0 fully saturated rings. The third-order valence-electron chi connectivity index (χ3n) is 8.00. The van der Waals surface area contributed by atoms with Gasteiger partial charge in [-0.15, -0.1) is 0 Å². The summed E-state index contributed by atoms with van der Waals surface area (Å²) >= 11 is 0. The molecule has 12 heteroatoms. The highest BCUT2D eigenvalue weighted by Crippen LogP contribution is 2.21. The molecule has 12 nitrogen and oxygen atoms in total. The molecule has 45 heavy (non-hydrogen) atoms. The number of fused-ring (bicyclic) bond motifs is 2. The van der Waals surface area contributed by atoms with Crippen molar-refractivity contribution in [3.05, 3.63) is 72.1 Å². The second-order valence-corrected chi connectivity index (χ2v) is 11.7. The lowest BCUT2D eigenvalue weighted by molar-refractivity contribution is -0.142. The molecule has 0 saturated heterocycles. The molecule has 0 radical (unpaired) electrons. The highest BCUT2D eigenvalue weighted by molar-refractivity contribution is 5.95. The van der Waals surface area contributed by atoms with Crippen molar-refractivity contribution in [3.8, 4) is 0 Å². The number of benzene rings is 2. The molecule has 2 heterocycles. The van der Waals surface area contributed by atoms with E-state index >= 15 is 0 Å². The minimum Gasteiger partial charge on any atom is -0.480 e. The molecule has 0 aliphatic carbocycles. The molecule has 4 unspecified atom stereocenters. The van der Waals surface area contributed by atoms with E-state index in [4.69, 9.17) is 11.5 Å². The van der Waals surface area contributed by atoms with Crippen LogP contribution in [0.15, 0.2) is 60.9 Å².